The second-order valence-corrected chi connectivity index (χ2v) is 10.1. The molecule has 1 fully saturated rings. The van der Waals surface area contributed by atoms with Crippen molar-refractivity contribution in [2.75, 3.05) is 13.1 Å². The zero-order chi connectivity index (χ0) is 29.1. The lowest BCUT2D eigenvalue weighted by atomic mass is 9.81. The van der Waals surface area contributed by atoms with Crippen LogP contribution in [0.4, 0.5) is 13.2 Å². The quantitative estimate of drug-likeness (QED) is 0.360. The zero-order valence-electron chi connectivity index (χ0n) is 21.9. The number of rotatable bonds is 9. The van der Waals surface area contributed by atoms with E-state index in [0.29, 0.717) is 10.5 Å². The number of halogens is 3. The molecule has 0 bridgehead atoms. The van der Waals surface area contributed by atoms with E-state index in [1.54, 1.807) is 0 Å². The maximum atomic E-state index is 15.0. The van der Waals surface area contributed by atoms with Crippen molar-refractivity contribution in [2.45, 2.75) is 51.3 Å². The van der Waals surface area contributed by atoms with Gasteiger partial charge >= 0.3 is 0 Å². The van der Waals surface area contributed by atoms with E-state index >= 15 is 8.78 Å². The molecule has 0 saturated carbocycles. The summed E-state index contributed by atoms with van der Waals surface area (Å²) >= 11 is 0. The van der Waals surface area contributed by atoms with Crippen molar-refractivity contribution >= 4 is 17.7 Å². The average molecular weight is 548 g/mol. The number of phenolic OH excluding ortho intramolecular Hbond substituents is 1. The molecule has 0 radical (unpaired) electrons. The molecule has 11 heteroatoms. The van der Waals surface area contributed by atoms with Gasteiger partial charge in [0.05, 0.1) is 18.0 Å². The number of alkyl halides is 2. The van der Waals surface area contributed by atoms with Crippen molar-refractivity contribution < 1.29 is 37.8 Å². The summed E-state index contributed by atoms with van der Waals surface area (Å²) in [6.45, 7) is 6.12. The maximum Gasteiger partial charge on any atom is 0.272 e. The molecule has 3 amide bonds. The Kier molecular flexibility index (Phi) is 8.74. The number of nitrogens with zero attached hydrogens (tertiary/aromatic N) is 1. The van der Waals surface area contributed by atoms with Crippen LogP contribution in [-0.4, -0.2) is 70.0 Å². The van der Waals surface area contributed by atoms with E-state index < -0.39 is 59.6 Å². The molecule has 1 saturated heterocycles. The van der Waals surface area contributed by atoms with Crippen LogP contribution < -0.4 is 10.6 Å². The number of carbonyl (C=O) groups is 3. The molecule has 0 aromatic heterocycles. The molecule has 8 nitrogen and oxygen atoms in total. The van der Waals surface area contributed by atoms with Gasteiger partial charge in [-0.3, -0.25) is 14.4 Å². The Balaban J connectivity index is 1.97. The highest BCUT2D eigenvalue weighted by atomic mass is 19.3. The Morgan fingerprint density at radius 1 is 1.21 bits per heavy atom. The average Bonchev–Trinajstić information content (AvgIpc) is 3.06. The fourth-order valence-electron chi connectivity index (χ4n) is 4.66. The van der Waals surface area contributed by atoms with Crippen LogP contribution in [0.2, 0.25) is 0 Å². The molecule has 0 aliphatic carbocycles. The zero-order valence-corrected chi connectivity index (χ0v) is 21.9. The SMILES string of the molecule is C=CCNC(=O)[C@H]1N(C(=O)[C@@H](O)[C@H](Cc2cccc(F)c2)NC(=O)c2cccc(O)c2C)CC(F)(F)C1(C)C. The van der Waals surface area contributed by atoms with Crippen molar-refractivity contribution in [1.82, 2.24) is 15.5 Å². The molecule has 0 spiro atoms. The van der Waals surface area contributed by atoms with E-state index in [4.69, 9.17) is 0 Å². The number of likely N-dealkylation sites (tertiary alicyclic amines) is 1. The standard InChI is InChI=1S/C28H32F3N3O5/c1-5-12-32-25(38)23-27(3,4)28(30,31)15-34(23)26(39)22(36)20(14-17-8-6-9-18(29)13-17)33-24(37)19-10-7-11-21(35)16(19)2/h5-11,13,20,22-23,35-36H,1,12,14-15H2,2-4H3,(H,32,38)(H,33,37)/t20-,22-,23+/m0/s1. The van der Waals surface area contributed by atoms with Gasteiger partial charge in [-0.25, -0.2) is 13.2 Å². The van der Waals surface area contributed by atoms with E-state index in [9.17, 15) is 29.0 Å². The van der Waals surface area contributed by atoms with Crippen molar-refractivity contribution in [3.05, 3.63) is 77.6 Å². The van der Waals surface area contributed by atoms with Gasteiger partial charge in [0.1, 0.15) is 17.6 Å². The van der Waals surface area contributed by atoms with Gasteiger partial charge in [-0.15, -0.1) is 6.58 Å². The third-order valence-electron chi connectivity index (χ3n) is 7.10. The lowest BCUT2D eigenvalue weighted by molar-refractivity contribution is -0.148. The number of carbonyl (C=O) groups excluding carboxylic acids is 3. The van der Waals surface area contributed by atoms with Gasteiger partial charge in [0.2, 0.25) is 5.91 Å². The molecule has 2 aromatic carbocycles. The van der Waals surface area contributed by atoms with E-state index in [2.05, 4.69) is 17.2 Å². The Bertz CT molecular complexity index is 1270. The topological polar surface area (TPSA) is 119 Å². The normalized spacial score (nSPS) is 19.2. The van der Waals surface area contributed by atoms with Gasteiger partial charge in [0.15, 0.2) is 6.10 Å². The molecule has 3 atom stereocenters. The first kappa shape index (κ1) is 29.7. The second kappa shape index (κ2) is 11.5. The smallest absolute Gasteiger partial charge is 0.272 e. The lowest BCUT2D eigenvalue weighted by Gasteiger charge is -2.34. The van der Waals surface area contributed by atoms with Crippen molar-refractivity contribution in [3.63, 3.8) is 0 Å². The highest BCUT2D eigenvalue weighted by Crippen LogP contribution is 2.48. The summed E-state index contributed by atoms with van der Waals surface area (Å²) in [6, 6.07) is 6.45. The maximum absolute atomic E-state index is 15.0. The molecule has 210 valence electrons. The number of nitrogens with one attached hydrogen (secondary N) is 2. The van der Waals surface area contributed by atoms with E-state index in [0.717, 1.165) is 19.9 Å². The molecule has 1 aliphatic heterocycles. The number of hydrogen-bond donors (Lipinski definition) is 4. The highest BCUT2D eigenvalue weighted by Gasteiger charge is 2.64. The summed E-state index contributed by atoms with van der Waals surface area (Å²) in [5.41, 5.74) is -1.38. The van der Waals surface area contributed by atoms with Crippen LogP contribution in [0.25, 0.3) is 0 Å². The number of hydrogen-bond acceptors (Lipinski definition) is 5. The van der Waals surface area contributed by atoms with Crippen LogP contribution in [0, 0.1) is 18.2 Å². The third kappa shape index (κ3) is 6.08. The van der Waals surface area contributed by atoms with Crippen molar-refractivity contribution in [3.8, 4) is 5.75 Å². The summed E-state index contributed by atoms with van der Waals surface area (Å²) < 4.78 is 43.9. The Hall–Kier alpha value is -3.86. The fraction of sp³-hybridized carbons (Fsp3) is 0.393. The molecule has 2 aromatic rings. The molecule has 1 aliphatic rings. The molecule has 4 N–H and O–H groups in total. The van der Waals surface area contributed by atoms with Gasteiger partial charge in [0.25, 0.3) is 17.7 Å². The van der Waals surface area contributed by atoms with Crippen LogP contribution in [0.1, 0.15) is 35.3 Å². The number of aromatic hydroxyl groups is 1. The molecule has 0 unspecified atom stereocenters. The number of benzene rings is 2. The monoisotopic (exact) mass is 547 g/mol. The first-order valence-corrected chi connectivity index (χ1v) is 12.3. The highest BCUT2D eigenvalue weighted by molar-refractivity contribution is 5.97. The Morgan fingerprint density at radius 3 is 2.51 bits per heavy atom. The van der Waals surface area contributed by atoms with Crippen LogP contribution in [0.5, 0.6) is 5.75 Å². The second-order valence-electron chi connectivity index (χ2n) is 10.1. The van der Waals surface area contributed by atoms with Crippen LogP contribution in [0.3, 0.4) is 0 Å². The minimum Gasteiger partial charge on any atom is -0.508 e. The Labute approximate surface area is 224 Å². The Morgan fingerprint density at radius 2 is 1.87 bits per heavy atom. The first-order chi connectivity index (χ1) is 18.2. The van der Waals surface area contributed by atoms with Crippen LogP contribution >= 0.6 is 0 Å². The van der Waals surface area contributed by atoms with Gasteiger partial charge in [-0.2, -0.15) is 0 Å². The molecule has 39 heavy (non-hydrogen) atoms. The molecular formula is C28H32F3N3O5. The van der Waals surface area contributed by atoms with Crippen molar-refractivity contribution in [1.29, 1.82) is 0 Å². The first-order valence-electron chi connectivity index (χ1n) is 12.3. The van der Waals surface area contributed by atoms with Gasteiger partial charge in [-0.1, -0.05) is 38.1 Å². The van der Waals surface area contributed by atoms with Gasteiger partial charge in [0, 0.05) is 17.7 Å². The van der Waals surface area contributed by atoms with Crippen LogP contribution in [0.15, 0.2) is 55.1 Å². The minimum atomic E-state index is -3.47. The predicted octanol–water partition coefficient (Wildman–Crippen LogP) is 2.72. The van der Waals surface area contributed by atoms with Gasteiger partial charge in [-0.05, 0) is 43.2 Å². The molecule has 1 heterocycles. The minimum absolute atomic E-state index is 0.0247. The van der Waals surface area contributed by atoms with Crippen LogP contribution in [-0.2, 0) is 16.0 Å². The number of phenols is 1. The molecular weight excluding hydrogens is 515 g/mol. The number of aliphatic hydroxyl groups is 1. The summed E-state index contributed by atoms with van der Waals surface area (Å²) in [5.74, 6) is -7.03. The number of amides is 3. The largest absolute Gasteiger partial charge is 0.508 e. The summed E-state index contributed by atoms with van der Waals surface area (Å²) in [6.07, 6.45) is -0.962. The van der Waals surface area contributed by atoms with E-state index in [-0.39, 0.29) is 29.8 Å². The van der Waals surface area contributed by atoms with Gasteiger partial charge < -0.3 is 25.7 Å². The predicted molar refractivity (Wildman–Crippen MR) is 138 cm³/mol. The summed E-state index contributed by atoms with van der Waals surface area (Å²) in [5, 5.41) is 26.1. The summed E-state index contributed by atoms with van der Waals surface area (Å²) in [4.78, 5) is 40.1. The molecule has 3 rings (SSSR count). The van der Waals surface area contributed by atoms with E-state index in [1.807, 2.05) is 0 Å². The fourth-order valence-corrected chi connectivity index (χ4v) is 4.66. The third-order valence-corrected chi connectivity index (χ3v) is 7.10. The van der Waals surface area contributed by atoms with E-state index in [1.165, 1.54) is 49.4 Å². The lowest BCUT2D eigenvalue weighted by Crippen LogP contribution is -2.57. The summed E-state index contributed by atoms with van der Waals surface area (Å²) in [7, 11) is 0. The van der Waals surface area contributed by atoms with Crippen molar-refractivity contribution in [2.24, 2.45) is 5.41 Å². The number of aliphatic hydroxyl groups excluding tert-OH is 1.